The van der Waals surface area contributed by atoms with Crippen LogP contribution in [-0.2, 0) is 37.3 Å². The highest BCUT2D eigenvalue weighted by atomic mass is 35.5. The Bertz CT molecular complexity index is 1650. The Morgan fingerprint density at radius 3 is 2.46 bits per heavy atom. The molecule has 2 aromatic rings. The molecule has 0 spiro atoms. The van der Waals surface area contributed by atoms with Gasteiger partial charge in [-0.15, -0.1) is 0 Å². The third-order valence-electron chi connectivity index (χ3n) is 11.7. The minimum atomic E-state index is -3.94. The van der Waals surface area contributed by atoms with Crippen LogP contribution in [-0.4, -0.2) is 76.1 Å². The summed E-state index contributed by atoms with van der Waals surface area (Å²) in [5.74, 6) is 0.704. The lowest BCUT2D eigenvalue weighted by atomic mass is 9.65. The Morgan fingerprint density at radius 2 is 1.74 bits per heavy atom. The number of aryl methyl sites for hydroxylation is 1. The van der Waals surface area contributed by atoms with Crippen LogP contribution >= 0.6 is 11.6 Å². The smallest absolute Gasteiger partial charge is 0.264 e. The van der Waals surface area contributed by atoms with Crippen molar-refractivity contribution in [2.45, 2.75) is 96.3 Å². The molecule has 1 saturated carbocycles. The first-order chi connectivity index (χ1) is 23.9. The molecule has 2 fully saturated rings. The Labute approximate surface area is 302 Å². The van der Waals surface area contributed by atoms with Crippen molar-refractivity contribution < 1.29 is 32.2 Å². The zero-order valence-corrected chi connectivity index (χ0v) is 31.3. The van der Waals surface area contributed by atoms with Gasteiger partial charge in [0.25, 0.3) is 5.91 Å². The normalized spacial score (nSPS) is 30.6. The molecule has 12 heteroatoms. The Kier molecular flexibility index (Phi) is 11.7. The van der Waals surface area contributed by atoms with Crippen LogP contribution < -0.4 is 14.4 Å². The van der Waals surface area contributed by atoms with Gasteiger partial charge in [0.05, 0.1) is 30.2 Å². The molecule has 50 heavy (non-hydrogen) atoms. The van der Waals surface area contributed by atoms with E-state index in [1.165, 1.54) is 5.56 Å². The summed E-state index contributed by atoms with van der Waals surface area (Å²) in [6, 6.07) is 11.0. The summed E-state index contributed by atoms with van der Waals surface area (Å²) in [7, 11) is -2.15. The van der Waals surface area contributed by atoms with E-state index in [-0.39, 0.29) is 35.6 Å². The van der Waals surface area contributed by atoms with Gasteiger partial charge in [-0.05, 0) is 111 Å². The highest BCUT2D eigenvalue weighted by Gasteiger charge is 2.44. The van der Waals surface area contributed by atoms with Gasteiger partial charge in [0.1, 0.15) is 12.4 Å². The van der Waals surface area contributed by atoms with Crippen molar-refractivity contribution >= 4 is 39.1 Å². The molecule has 5 atom stereocenters. The number of carbonyl (C=O) groups is 2. The van der Waals surface area contributed by atoms with Crippen molar-refractivity contribution in [1.29, 1.82) is 0 Å². The van der Waals surface area contributed by atoms with Crippen LogP contribution in [0.25, 0.3) is 0 Å². The standard InChI is InChI=1S/C38H52ClN3O7S/c1-24-8-7-10-34(38-48-22-32(23-49-38)41(4)26(3)43)33-15-12-29(33)20-42-17-6-5-9-27-18-31(39)14-11-30(27)21-47-36-16-13-28(19-35(36)42)37(44)40-50(45,46)25(24)2/h11,13-14,16,18-19,24-25,29,32-34,38H,5-10,12,15,17,20-23H2,1-4H3,(H,40,44)/t24-,25+,29-,32-,33+,34+,38+/m0/s1. The number of hydrogen-bond donors (Lipinski definition) is 1. The van der Waals surface area contributed by atoms with Crippen molar-refractivity contribution in [2.75, 3.05) is 38.3 Å². The predicted octanol–water partition coefficient (Wildman–Crippen LogP) is 6.19. The van der Waals surface area contributed by atoms with E-state index in [1.54, 1.807) is 44.0 Å². The van der Waals surface area contributed by atoms with E-state index in [2.05, 4.69) is 9.62 Å². The van der Waals surface area contributed by atoms with Crippen molar-refractivity contribution in [3.8, 4) is 5.75 Å². The fraction of sp³-hybridized carbons (Fsp3) is 0.632. The summed E-state index contributed by atoms with van der Waals surface area (Å²) >= 11 is 6.37. The fourth-order valence-electron chi connectivity index (χ4n) is 8.03. The molecule has 4 aliphatic rings. The molecule has 1 N–H and O–H groups in total. The molecule has 2 aromatic carbocycles. The topological polar surface area (TPSA) is 114 Å². The predicted molar refractivity (Wildman–Crippen MR) is 194 cm³/mol. The third kappa shape index (κ3) is 8.27. The van der Waals surface area contributed by atoms with E-state index in [4.69, 9.17) is 25.8 Å². The summed E-state index contributed by atoms with van der Waals surface area (Å²) in [5, 5.41) is -0.0510. The summed E-state index contributed by atoms with van der Waals surface area (Å²) in [4.78, 5) is 29.6. The molecule has 1 saturated heterocycles. The van der Waals surface area contributed by atoms with Gasteiger partial charge in [0.15, 0.2) is 6.29 Å². The minimum Gasteiger partial charge on any atom is -0.487 e. The lowest BCUT2D eigenvalue weighted by Crippen LogP contribution is -2.52. The van der Waals surface area contributed by atoms with Gasteiger partial charge in [-0.25, -0.2) is 13.1 Å². The van der Waals surface area contributed by atoms with Crippen LogP contribution in [0.1, 0.15) is 87.2 Å². The molecular weight excluding hydrogens is 678 g/mol. The van der Waals surface area contributed by atoms with Crippen molar-refractivity contribution in [1.82, 2.24) is 9.62 Å². The number of rotatable bonds is 2. The van der Waals surface area contributed by atoms with Crippen LogP contribution in [0.4, 0.5) is 5.69 Å². The lowest BCUT2D eigenvalue weighted by Gasteiger charge is -2.48. The number of fused-ring (bicyclic) bond motifs is 3. The zero-order valence-electron chi connectivity index (χ0n) is 29.7. The van der Waals surface area contributed by atoms with Gasteiger partial charge in [-0.2, -0.15) is 0 Å². The second-order valence-electron chi connectivity index (χ2n) is 14.9. The highest BCUT2D eigenvalue weighted by Crippen LogP contribution is 2.46. The quantitative estimate of drug-likeness (QED) is 0.389. The van der Waals surface area contributed by atoms with Crippen LogP contribution in [0.5, 0.6) is 5.75 Å². The van der Waals surface area contributed by atoms with E-state index in [0.29, 0.717) is 48.8 Å². The molecule has 274 valence electrons. The molecule has 3 heterocycles. The first kappa shape index (κ1) is 36.9. The molecule has 6 rings (SSSR count). The van der Waals surface area contributed by atoms with E-state index in [0.717, 1.165) is 69.3 Å². The number of amides is 2. The number of anilines is 1. The van der Waals surface area contributed by atoms with Gasteiger partial charge in [-0.1, -0.05) is 31.0 Å². The van der Waals surface area contributed by atoms with Gasteiger partial charge >= 0.3 is 0 Å². The van der Waals surface area contributed by atoms with E-state index in [1.807, 2.05) is 25.1 Å². The van der Waals surface area contributed by atoms with Crippen LogP contribution in [0.15, 0.2) is 36.4 Å². The maximum Gasteiger partial charge on any atom is 0.264 e. The number of nitrogens with zero attached hydrogens (tertiary/aromatic N) is 2. The molecule has 3 aliphatic heterocycles. The number of hydrogen-bond acceptors (Lipinski definition) is 8. The third-order valence-corrected chi connectivity index (χ3v) is 13.9. The molecule has 10 nitrogen and oxygen atoms in total. The number of benzene rings is 2. The maximum absolute atomic E-state index is 13.5. The summed E-state index contributed by atoms with van der Waals surface area (Å²) in [5.41, 5.74) is 3.33. The number of ether oxygens (including phenoxy) is 3. The van der Waals surface area contributed by atoms with Gasteiger partial charge < -0.3 is 24.0 Å². The second-order valence-corrected chi connectivity index (χ2v) is 17.3. The molecule has 1 aliphatic carbocycles. The Morgan fingerprint density at radius 1 is 0.960 bits per heavy atom. The molecular formula is C38H52ClN3O7S. The summed E-state index contributed by atoms with van der Waals surface area (Å²) < 4.78 is 48.6. The average molecular weight is 730 g/mol. The van der Waals surface area contributed by atoms with Gasteiger partial charge in [0, 0.05) is 43.6 Å². The largest absolute Gasteiger partial charge is 0.487 e. The summed E-state index contributed by atoms with van der Waals surface area (Å²) in [6.07, 6.45) is 6.87. The second kappa shape index (κ2) is 15.8. The first-order valence-corrected chi connectivity index (χ1v) is 20.2. The zero-order chi connectivity index (χ0) is 35.6. The van der Waals surface area contributed by atoms with Crippen LogP contribution in [0, 0.1) is 23.7 Å². The van der Waals surface area contributed by atoms with Gasteiger partial charge in [-0.3, -0.25) is 9.59 Å². The van der Waals surface area contributed by atoms with Crippen molar-refractivity contribution in [3.63, 3.8) is 0 Å². The maximum atomic E-state index is 13.5. The Balaban J connectivity index is 1.33. The summed E-state index contributed by atoms with van der Waals surface area (Å²) in [6.45, 7) is 7.90. The highest BCUT2D eigenvalue weighted by molar-refractivity contribution is 7.90. The number of nitrogens with one attached hydrogen (secondary N) is 1. The lowest BCUT2D eigenvalue weighted by molar-refractivity contribution is -0.241. The average Bonchev–Trinajstić information content (AvgIpc) is 3.11. The molecule has 0 unspecified atom stereocenters. The van der Waals surface area contributed by atoms with Crippen LogP contribution in [0.2, 0.25) is 5.02 Å². The van der Waals surface area contributed by atoms with E-state index >= 15 is 0 Å². The number of carbonyl (C=O) groups excluding carboxylic acids is 2. The molecule has 2 bridgehead atoms. The molecule has 0 radical (unpaired) electrons. The monoisotopic (exact) mass is 729 g/mol. The van der Waals surface area contributed by atoms with Crippen molar-refractivity contribution in [3.05, 3.63) is 58.1 Å². The first-order valence-electron chi connectivity index (χ1n) is 18.2. The SMILES string of the molecule is CC(=O)N(C)[C@H]1CO[C@@H]([C@@H]2CCC[C@H](C)[C@@H](C)S(=O)(=O)NC(=O)c3ccc4c(c3)N(CCCCc3cc(Cl)ccc3CO4)C[C@@H]3CC[C@H]32)OC1. The Hall–Kier alpha value is -2.86. The molecule has 0 aromatic heterocycles. The fourth-order valence-corrected chi connectivity index (χ4v) is 9.54. The number of sulfonamides is 1. The van der Waals surface area contributed by atoms with Crippen molar-refractivity contribution in [2.24, 2.45) is 23.7 Å². The number of likely N-dealkylation sites (N-methyl/N-ethyl adjacent to an activating group) is 1. The minimum absolute atomic E-state index is 0.0192. The van der Waals surface area contributed by atoms with Gasteiger partial charge in [0.2, 0.25) is 15.9 Å². The van der Waals surface area contributed by atoms with E-state index in [9.17, 15) is 18.0 Å². The molecule has 2 amide bonds. The van der Waals surface area contributed by atoms with E-state index < -0.39 is 21.2 Å². The number of halogens is 1. The van der Waals surface area contributed by atoms with Crippen LogP contribution in [0.3, 0.4) is 0 Å².